The molecule has 1 aromatic heterocycles. The second kappa shape index (κ2) is 7.72. The smallest absolute Gasteiger partial charge is 0.422 e. The maximum atomic E-state index is 11.9. The molecule has 0 aliphatic rings. The molecule has 0 saturated carbocycles. The molecule has 0 unspecified atom stereocenters. The Morgan fingerprint density at radius 2 is 2.10 bits per heavy atom. The maximum absolute atomic E-state index is 11.9. The van der Waals surface area contributed by atoms with E-state index in [1.165, 1.54) is 18.3 Å². The fourth-order valence-electron chi connectivity index (χ4n) is 1.43. The topological polar surface area (TPSA) is 51.2 Å². The number of unbranched alkanes of at least 4 members (excludes halogenated alkanes) is 2. The number of nitrogens with zero attached hydrogens (tertiary/aromatic N) is 1. The minimum atomic E-state index is -4.41. The van der Waals surface area contributed by atoms with E-state index >= 15 is 0 Å². The van der Waals surface area contributed by atoms with E-state index in [0.717, 1.165) is 19.3 Å². The zero-order chi connectivity index (χ0) is 15.0. The molecule has 112 valence electrons. The molecule has 0 spiro atoms. The van der Waals surface area contributed by atoms with Crippen LogP contribution in [0.4, 0.5) is 13.2 Å². The van der Waals surface area contributed by atoms with Gasteiger partial charge < -0.3 is 10.1 Å². The van der Waals surface area contributed by atoms with Crippen molar-refractivity contribution < 1.29 is 22.7 Å². The highest BCUT2D eigenvalue weighted by molar-refractivity contribution is 5.93. The molecular weight excluding hydrogens is 273 g/mol. The molecular formula is C13H17F3N2O2. The zero-order valence-electron chi connectivity index (χ0n) is 11.2. The minimum Gasteiger partial charge on any atom is -0.468 e. The molecule has 0 atom stereocenters. The van der Waals surface area contributed by atoms with Crippen molar-refractivity contribution in [2.45, 2.75) is 32.4 Å². The molecule has 4 nitrogen and oxygen atoms in total. The molecule has 1 rings (SSSR count). The summed E-state index contributed by atoms with van der Waals surface area (Å²) in [6, 6.07) is 2.63. The molecule has 7 heteroatoms. The summed E-state index contributed by atoms with van der Waals surface area (Å²) in [7, 11) is 0. The predicted octanol–water partition coefficient (Wildman–Crippen LogP) is 2.94. The van der Waals surface area contributed by atoms with Gasteiger partial charge in [-0.1, -0.05) is 19.8 Å². The van der Waals surface area contributed by atoms with Crippen LogP contribution in [0.1, 0.15) is 36.5 Å². The SMILES string of the molecule is CCCCCNC(=O)c1ccc(OCC(F)(F)F)nc1. The fourth-order valence-corrected chi connectivity index (χ4v) is 1.43. The van der Waals surface area contributed by atoms with Gasteiger partial charge in [-0.15, -0.1) is 0 Å². The number of alkyl halides is 3. The number of rotatable bonds is 7. The Balaban J connectivity index is 2.43. The number of amides is 1. The van der Waals surface area contributed by atoms with E-state index in [0.29, 0.717) is 12.1 Å². The van der Waals surface area contributed by atoms with Gasteiger partial charge in [-0.05, 0) is 12.5 Å². The van der Waals surface area contributed by atoms with Crippen molar-refractivity contribution in [3.63, 3.8) is 0 Å². The van der Waals surface area contributed by atoms with Gasteiger partial charge in [0.1, 0.15) is 0 Å². The molecule has 0 aromatic carbocycles. The number of pyridine rings is 1. The minimum absolute atomic E-state index is 0.162. The predicted molar refractivity (Wildman–Crippen MR) is 67.6 cm³/mol. The van der Waals surface area contributed by atoms with Gasteiger partial charge >= 0.3 is 6.18 Å². The van der Waals surface area contributed by atoms with Gasteiger partial charge in [-0.2, -0.15) is 13.2 Å². The summed E-state index contributed by atoms with van der Waals surface area (Å²) < 4.78 is 40.3. The Kier molecular flexibility index (Phi) is 6.27. The molecule has 0 saturated heterocycles. The fraction of sp³-hybridized carbons (Fsp3) is 0.538. The molecule has 20 heavy (non-hydrogen) atoms. The molecule has 1 heterocycles. The van der Waals surface area contributed by atoms with Gasteiger partial charge in [-0.25, -0.2) is 4.98 Å². The Labute approximate surface area is 115 Å². The van der Waals surface area contributed by atoms with E-state index in [9.17, 15) is 18.0 Å². The van der Waals surface area contributed by atoms with E-state index in [1.807, 2.05) is 0 Å². The van der Waals surface area contributed by atoms with E-state index in [4.69, 9.17) is 0 Å². The van der Waals surface area contributed by atoms with Crippen LogP contribution in [0, 0.1) is 0 Å². The average Bonchev–Trinajstić information content (AvgIpc) is 2.41. The highest BCUT2D eigenvalue weighted by Gasteiger charge is 2.28. The second-order valence-corrected chi connectivity index (χ2v) is 4.25. The molecule has 0 radical (unpaired) electrons. The lowest BCUT2D eigenvalue weighted by atomic mass is 10.2. The van der Waals surface area contributed by atoms with Gasteiger partial charge in [0.25, 0.3) is 5.91 Å². The first-order valence-corrected chi connectivity index (χ1v) is 6.36. The number of nitrogens with one attached hydrogen (secondary N) is 1. The number of halogens is 3. The van der Waals surface area contributed by atoms with Gasteiger partial charge in [0.2, 0.25) is 5.88 Å². The first-order chi connectivity index (χ1) is 9.42. The lowest BCUT2D eigenvalue weighted by molar-refractivity contribution is -0.154. The monoisotopic (exact) mass is 290 g/mol. The highest BCUT2D eigenvalue weighted by atomic mass is 19.4. The molecule has 0 fully saturated rings. The van der Waals surface area contributed by atoms with Crippen LogP contribution in [0.3, 0.4) is 0 Å². The average molecular weight is 290 g/mol. The van der Waals surface area contributed by atoms with Gasteiger partial charge in [0.15, 0.2) is 6.61 Å². The van der Waals surface area contributed by atoms with Crippen LogP contribution in [0.25, 0.3) is 0 Å². The maximum Gasteiger partial charge on any atom is 0.422 e. The third-order valence-corrected chi connectivity index (χ3v) is 2.45. The van der Waals surface area contributed by atoms with Crippen LogP contribution in [-0.2, 0) is 0 Å². The van der Waals surface area contributed by atoms with Crippen LogP contribution in [0.2, 0.25) is 0 Å². The largest absolute Gasteiger partial charge is 0.468 e. The quantitative estimate of drug-likeness (QED) is 0.785. The van der Waals surface area contributed by atoms with E-state index in [1.54, 1.807) is 0 Å². The first kappa shape index (κ1) is 16.3. The van der Waals surface area contributed by atoms with Crippen LogP contribution >= 0.6 is 0 Å². The number of ether oxygens (including phenoxy) is 1. The van der Waals surface area contributed by atoms with Gasteiger partial charge in [0, 0.05) is 18.8 Å². The number of hydrogen-bond acceptors (Lipinski definition) is 3. The lowest BCUT2D eigenvalue weighted by Crippen LogP contribution is -2.24. The Morgan fingerprint density at radius 1 is 1.35 bits per heavy atom. The van der Waals surface area contributed by atoms with E-state index in [-0.39, 0.29) is 11.8 Å². The summed E-state index contributed by atoms with van der Waals surface area (Å²) in [5.74, 6) is -0.458. The third-order valence-electron chi connectivity index (χ3n) is 2.45. The van der Waals surface area contributed by atoms with E-state index < -0.39 is 12.8 Å². The molecule has 1 aromatic rings. The van der Waals surface area contributed by atoms with Crippen molar-refractivity contribution in [1.29, 1.82) is 0 Å². The summed E-state index contributed by atoms with van der Waals surface area (Å²) in [6.07, 6.45) is -0.230. The zero-order valence-corrected chi connectivity index (χ0v) is 11.2. The van der Waals surface area contributed by atoms with E-state index in [2.05, 4.69) is 22.0 Å². The van der Waals surface area contributed by atoms with Gasteiger partial charge in [0.05, 0.1) is 5.56 Å². The van der Waals surface area contributed by atoms with Crippen molar-refractivity contribution in [1.82, 2.24) is 10.3 Å². The van der Waals surface area contributed by atoms with Crippen LogP contribution in [-0.4, -0.2) is 30.2 Å². The highest BCUT2D eigenvalue weighted by Crippen LogP contribution is 2.16. The summed E-state index contributed by atoms with van der Waals surface area (Å²) in [6.45, 7) is 1.23. The molecule has 0 bridgehead atoms. The van der Waals surface area contributed by atoms with Crippen LogP contribution in [0.15, 0.2) is 18.3 Å². The lowest BCUT2D eigenvalue weighted by Gasteiger charge is -2.08. The van der Waals surface area contributed by atoms with Crippen molar-refractivity contribution >= 4 is 5.91 Å². The van der Waals surface area contributed by atoms with Crippen molar-refractivity contribution in [2.75, 3.05) is 13.2 Å². The number of aromatic nitrogens is 1. The van der Waals surface area contributed by atoms with Crippen LogP contribution < -0.4 is 10.1 Å². The number of carbonyl (C=O) groups is 1. The Bertz CT molecular complexity index is 419. The summed E-state index contributed by atoms with van der Waals surface area (Å²) in [5.41, 5.74) is 0.292. The van der Waals surface area contributed by atoms with Crippen molar-refractivity contribution in [3.8, 4) is 5.88 Å². The standard InChI is InChI=1S/C13H17F3N2O2/c1-2-3-4-7-17-12(19)10-5-6-11(18-8-10)20-9-13(14,15)16/h5-6,8H,2-4,7,9H2,1H3,(H,17,19). The molecule has 0 aliphatic heterocycles. The number of carbonyl (C=O) groups excluding carboxylic acids is 1. The summed E-state index contributed by atoms with van der Waals surface area (Å²) in [5, 5.41) is 2.71. The summed E-state index contributed by atoms with van der Waals surface area (Å²) in [4.78, 5) is 15.3. The summed E-state index contributed by atoms with van der Waals surface area (Å²) >= 11 is 0. The second-order valence-electron chi connectivity index (χ2n) is 4.25. The van der Waals surface area contributed by atoms with Gasteiger partial charge in [-0.3, -0.25) is 4.79 Å². The molecule has 0 aliphatic carbocycles. The number of hydrogen-bond donors (Lipinski definition) is 1. The first-order valence-electron chi connectivity index (χ1n) is 6.36. The Morgan fingerprint density at radius 3 is 2.65 bits per heavy atom. The van der Waals surface area contributed by atoms with Crippen molar-refractivity contribution in [2.24, 2.45) is 0 Å². The Hall–Kier alpha value is -1.79. The van der Waals surface area contributed by atoms with Crippen molar-refractivity contribution in [3.05, 3.63) is 23.9 Å². The molecule has 1 amide bonds. The normalized spacial score (nSPS) is 11.2. The molecule has 1 N–H and O–H groups in total. The third kappa shape index (κ3) is 6.40. The van der Waals surface area contributed by atoms with Crippen LogP contribution in [0.5, 0.6) is 5.88 Å².